The molecule has 4 nitrogen and oxygen atoms in total. The van der Waals surface area contributed by atoms with Gasteiger partial charge >= 0.3 is 0 Å². The molecule has 2 aromatic rings. The Morgan fingerprint density at radius 1 is 1.14 bits per heavy atom. The molecule has 0 fully saturated rings. The smallest absolute Gasteiger partial charge is 0.231 e. The van der Waals surface area contributed by atoms with Crippen molar-refractivity contribution in [3.63, 3.8) is 0 Å². The van der Waals surface area contributed by atoms with Crippen LogP contribution in [0.1, 0.15) is 11.7 Å². The summed E-state index contributed by atoms with van der Waals surface area (Å²) in [7, 11) is 0. The van der Waals surface area contributed by atoms with E-state index in [4.69, 9.17) is 9.47 Å². The highest BCUT2D eigenvalue weighted by Crippen LogP contribution is 2.34. The number of aliphatic hydroxyl groups excluding tert-OH is 1. The summed E-state index contributed by atoms with van der Waals surface area (Å²) in [6.45, 7) is 0.688. The van der Waals surface area contributed by atoms with Crippen LogP contribution in [0.15, 0.2) is 47.4 Å². The van der Waals surface area contributed by atoms with E-state index in [1.807, 2.05) is 36.6 Å². The molecule has 1 heterocycles. The molecule has 1 unspecified atom stereocenters. The minimum atomic E-state index is -0.597. The Balaban J connectivity index is 1.61. The normalized spacial score (nSPS) is 14.0. The first kappa shape index (κ1) is 14.1. The van der Waals surface area contributed by atoms with Crippen LogP contribution >= 0.6 is 11.8 Å². The summed E-state index contributed by atoms with van der Waals surface area (Å²) in [6, 6.07) is 13.6. The molecular formula is C16H17NO3S. The van der Waals surface area contributed by atoms with Gasteiger partial charge in [-0.1, -0.05) is 6.07 Å². The highest BCUT2D eigenvalue weighted by atomic mass is 32.2. The molecule has 0 aliphatic carbocycles. The Bertz CT molecular complexity index is 615. The molecular weight excluding hydrogens is 286 g/mol. The van der Waals surface area contributed by atoms with Crippen LogP contribution in [0.3, 0.4) is 0 Å². The van der Waals surface area contributed by atoms with Crippen LogP contribution in [-0.4, -0.2) is 24.7 Å². The number of rotatable bonds is 5. The summed E-state index contributed by atoms with van der Waals surface area (Å²) in [5.41, 5.74) is 1.81. The topological polar surface area (TPSA) is 50.7 Å². The van der Waals surface area contributed by atoms with Crippen LogP contribution in [0.5, 0.6) is 11.5 Å². The fourth-order valence-electron chi connectivity index (χ4n) is 2.16. The molecule has 0 spiro atoms. The summed E-state index contributed by atoms with van der Waals surface area (Å²) in [4.78, 5) is 1.22. The molecule has 0 saturated carbocycles. The van der Waals surface area contributed by atoms with E-state index in [1.165, 1.54) is 4.90 Å². The lowest BCUT2D eigenvalue weighted by molar-refractivity contribution is 0.173. The fraction of sp³-hybridized carbons (Fsp3) is 0.250. The molecule has 21 heavy (non-hydrogen) atoms. The zero-order chi connectivity index (χ0) is 14.7. The van der Waals surface area contributed by atoms with Gasteiger partial charge in [0.2, 0.25) is 6.79 Å². The predicted octanol–water partition coefficient (Wildman–Crippen LogP) is 3.28. The van der Waals surface area contributed by atoms with Crippen molar-refractivity contribution in [2.75, 3.05) is 24.9 Å². The highest BCUT2D eigenvalue weighted by Gasteiger charge is 2.16. The van der Waals surface area contributed by atoms with Gasteiger partial charge in [0.05, 0.1) is 6.10 Å². The average molecular weight is 303 g/mol. The third kappa shape index (κ3) is 3.25. The molecule has 5 heteroatoms. The van der Waals surface area contributed by atoms with Crippen LogP contribution in [0.4, 0.5) is 5.69 Å². The van der Waals surface area contributed by atoms with Crippen LogP contribution < -0.4 is 14.8 Å². The minimum Gasteiger partial charge on any atom is -0.454 e. The number of anilines is 1. The molecule has 1 aliphatic rings. The SMILES string of the molecule is CSc1ccc(NCC(O)c2ccc3c(c2)OCO3)cc1. The number of fused-ring (bicyclic) bond motifs is 1. The molecule has 2 aromatic carbocycles. The summed E-state index contributed by atoms with van der Waals surface area (Å²) >= 11 is 1.71. The fourth-order valence-corrected chi connectivity index (χ4v) is 2.57. The van der Waals surface area contributed by atoms with E-state index >= 15 is 0 Å². The third-order valence-electron chi connectivity index (χ3n) is 3.37. The van der Waals surface area contributed by atoms with E-state index in [2.05, 4.69) is 17.4 Å². The van der Waals surface area contributed by atoms with Crippen molar-refractivity contribution in [1.82, 2.24) is 0 Å². The summed E-state index contributed by atoms with van der Waals surface area (Å²) in [5, 5.41) is 13.5. The molecule has 0 aromatic heterocycles. The lowest BCUT2D eigenvalue weighted by atomic mass is 10.1. The maximum absolute atomic E-state index is 10.3. The van der Waals surface area contributed by atoms with Crippen molar-refractivity contribution in [3.8, 4) is 11.5 Å². The second-order valence-electron chi connectivity index (χ2n) is 4.74. The van der Waals surface area contributed by atoms with Crippen molar-refractivity contribution < 1.29 is 14.6 Å². The van der Waals surface area contributed by atoms with Gasteiger partial charge in [-0.25, -0.2) is 0 Å². The molecule has 2 N–H and O–H groups in total. The number of nitrogens with one attached hydrogen (secondary N) is 1. The monoisotopic (exact) mass is 303 g/mol. The van der Waals surface area contributed by atoms with Crippen LogP contribution in [0.25, 0.3) is 0 Å². The van der Waals surface area contributed by atoms with E-state index in [0.29, 0.717) is 12.3 Å². The third-order valence-corrected chi connectivity index (χ3v) is 4.11. The van der Waals surface area contributed by atoms with Crippen molar-refractivity contribution >= 4 is 17.4 Å². The second-order valence-corrected chi connectivity index (χ2v) is 5.62. The van der Waals surface area contributed by atoms with Crippen LogP contribution in [-0.2, 0) is 0 Å². The van der Waals surface area contributed by atoms with E-state index in [9.17, 15) is 5.11 Å². The Morgan fingerprint density at radius 2 is 1.90 bits per heavy atom. The van der Waals surface area contributed by atoms with Crippen molar-refractivity contribution in [3.05, 3.63) is 48.0 Å². The number of benzene rings is 2. The van der Waals surface area contributed by atoms with Gasteiger partial charge in [0.15, 0.2) is 11.5 Å². The first-order valence-electron chi connectivity index (χ1n) is 6.72. The first-order chi connectivity index (χ1) is 10.3. The van der Waals surface area contributed by atoms with Gasteiger partial charge in [-0.2, -0.15) is 0 Å². The molecule has 110 valence electrons. The predicted molar refractivity (Wildman–Crippen MR) is 84.2 cm³/mol. The number of thioether (sulfide) groups is 1. The zero-order valence-electron chi connectivity index (χ0n) is 11.7. The Labute approximate surface area is 128 Å². The highest BCUT2D eigenvalue weighted by molar-refractivity contribution is 7.98. The molecule has 0 amide bonds. The van der Waals surface area contributed by atoms with E-state index in [-0.39, 0.29) is 6.79 Å². The number of ether oxygens (including phenoxy) is 2. The van der Waals surface area contributed by atoms with Crippen LogP contribution in [0.2, 0.25) is 0 Å². The van der Waals surface area contributed by atoms with Gasteiger partial charge in [-0.3, -0.25) is 0 Å². The van der Waals surface area contributed by atoms with Gasteiger partial charge in [0.25, 0.3) is 0 Å². The molecule has 3 rings (SSSR count). The lowest BCUT2D eigenvalue weighted by Gasteiger charge is -2.14. The van der Waals surface area contributed by atoms with Gasteiger partial charge in [0, 0.05) is 17.1 Å². The largest absolute Gasteiger partial charge is 0.454 e. The Kier molecular flexibility index (Phi) is 4.22. The van der Waals surface area contributed by atoms with Gasteiger partial charge in [-0.05, 0) is 48.2 Å². The minimum absolute atomic E-state index is 0.245. The van der Waals surface area contributed by atoms with Crippen molar-refractivity contribution in [2.45, 2.75) is 11.0 Å². The van der Waals surface area contributed by atoms with Crippen molar-refractivity contribution in [1.29, 1.82) is 0 Å². The number of aliphatic hydroxyl groups is 1. The molecule has 0 radical (unpaired) electrons. The summed E-state index contributed by atoms with van der Waals surface area (Å²) in [6.07, 6.45) is 1.45. The maximum Gasteiger partial charge on any atom is 0.231 e. The lowest BCUT2D eigenvalue weighted by Crippen LogP contribution is -2.12. The van der Waals surface area contributed by atoms with Gasteiger partial charge in [-0.15, -0.1) is 11.8 Å². The number of hydrogen-bond acceptors (Lipinski definition) is 5. The van der Waals surface area contributed by atoms with E-state index in [0.717, 1.165) is 17.0 Å². The molecule has 1 aliphatic heterocycles. The standard InChI is InChI=1S/C16H17NO3S/c1-21-13-5-3-12(4-6-13)17-9-14(18)11-2-7-15-16(8-11)20-10-19-15/h2-8,14,17-18H,9-10H2,1H3. The summed E-state index contributed by atoms with van der Waals surface area (Å²) < 4.78 is 10.6. The van der Waals surface area contributed by atoms with E-state index < -0.39 is 6.10 Å². The first-order valence-corrected chi connectivity index (χ1v) is 7.94. The molecule has 0 bridgehead atoms. The quantitative estimate of drug-likeness (QED) is 0.830. The van der Waals surface area contributed by atoms with Gasteiger partial charge in [0.1, 0.15) is 0 Å². The van der Waals surface area contributed by atoms with E-state index in [1.54, 1.807) is 11.8 Å². The Hall–Kier alpha value is -1.85. The molecule has 1 atom stereocenters. The number of hydrogen-bond donors (Lipinski definition) is 2. The van der Waals surface area contributed by atoms with Crippen LogP contribution in [0, 0.1) is 0 Å². The maximum atomic E-state index is 10.3. The zero-order valence-corrected chi connectivity index (χ0v) is 12.5. The summed E-state index contributed by atoms with van der Waals surface area (Å²) in [5.74, 6) is 1.42. The average Bonchev–Trinajstić information content (AvgIpc) is 3.00. The van der Waals surface area contributed by atoms with Gasteiger partial charge < -0.3 is 19.9 Å². The van der Waals surface area contributed by atoms with Crippen molar-refractivity contribution in [2.24, 2.45) is 0 Å². The Morgan fingerprint density at radius 3 is 2.67 bits per heavy atom. The second kappa shape index (κ2) is 6.28. The molecule has 0 saturated heterocycles.